The molecule has 0 saturated carbocycles. The van der Waals surface area contributed by atoms with Crippen molar-refractivity contribution in [2.75, 3.05) is 14.2 Å². The van der Waals surface area contributed by atoms with Crippen LogP contribution in [0.1, 0.15) is 0 Å². The average Bonchev–Trinajstić information content (AvgIpc) is 2.60. The van der Waals surface area contributed by atoms with E-state index in [9.17, 15) is 0 Å². The summed E-state index contributed by atoms with van der Waals surface area (Å²) in [5.74, 6) is 1.70. The van der Waals surface area contributed by atoms with Gasteiger partial charge in [0.25, 0.3) is 0 Å². The molecule has 0 aliphatic carbocycles. The summed E-state index contributed by atoms with van der Waals surface area (Å²) < 4.78 is 11.7. The van der Waals surface area contributed by atoms with Crippen LogP contribution in [0.15, 0.2) is 18.3 Å². The van der Waals surface area contributed by atoms with Crippen molar-refractivity contribution < 1.29 is 9.47 Å². The molecular formula is C10H10INO2. The number of aromatic amines is 1. The van der Waals surface area contributed by atoms with Crippen LogP contribution in [0.5, 0.6) is 11.5 Å². The van der Waals surface area contributed by atoms with Gasteiger partial charge in [0.2, 0.25) is 0 Å². The third-order valence-corrected chi connectivity index (χ3v) is 3.00. The first-order chi connectivity index (χ1) is 6.77. The highest BCUT2D eigenvalue weighted by Gasteiger charge is 2.11. The van der Waals surface area contributed by atoms with E-state index in [0.717, 1.165) is 26.0 Å². The summed E-state index contributed by atoms with van der Waals surface area (Å²) in [7, 11) is 3.33. The van der Waals surface area contributed by atoms with Crippen molar-refractivity contribution >= 4 is 33.5 Å². The van der Waals surface area contributed by atoms with Crippen LogP contribution in [0.3, 0.4) is 0 Å². The van der Waals surface area contributed by atoms with Crippen LogP contribution >= 0.6 is 22.6 Å². The number of halogens is 1. The second kappa shape index (κ2) is 3.68. The van der Waals surface area contributed by atoms with E-state index < -0.39 is 0 Å². The van der Waals surface area contributed by atoms with Gasteiger partial charge < -0.3 is 14.5 Å². The summed E-state index contributed by atoms with van der Waals surface area (Å²) >= 11 is 2.27. The van der Waals surface area contributed by atoms with Crippen molar-refractivity contribution in [3.05, 3.63) is 21.9 Å². The average molecular weight is 303 g/mol. The Kier molecular flexibility index (Phi) is 2.54. The molecule has 0 bridgehead atoms. The van der Waals surface area contributed by atoms with E-state index in [1.54, 1.807) is 14.2 Å². The predicted molar refractivity (Wildman–Crippen MR) is 64.1 cm³/mol. The van der Waals surface area contributed by atoms with Gasteiger partial charge in [-0.2, -0.15) is 0 Å². The Morgan fingerprint density at radius 3 is 2.43 bits per heavy atom. The molecule has 0 aliphatic rings. The summed E-state index contributed by atoms with van der Waals surface area (Å²) in [4.78, 5) is 3.17. The van der Waals surface area contributed by atoms with Crippen molar-refractivity contribution in [3.63, 3.8) is 0 Å². The summed E-state index contributed by atoms with van der Waals surface area (Å²) in [6.45, 7) is 0. The molecule has 0 spiro atoms. The molecule has 1 N–H and O–H groups in total. The van der Waals surface area contributed by atoms with Crippen molar-refractivity contribution in [1.29, 1.82) is 0 Å². The Labute approximate surface area is 95.5 Å². The standard InChI is InChI=1S/C10H10INO2/c1-13-7-3-4-8(14-2)10-9(7)6(11)5-12-10/h3-5,12H,1-2H3. The van der Waals surface area contributed by atoms with E-state index in [1.165, 1.54) is 0 Å². The van der Waals surface area contributed by atoms with Crippen LogP contribution in [-0.2, 0) is 0 Å². The van der Waals surface area contributed by atoms with Gasteiger partial charge in [-0.05, 0) is 34.7 Å². The number of methoxy groups -OCH3 is 2. The molecular weight excluding hydrogens is 293 g/mol. The van der Waals surface area contributed by atoms with Gasteiger partial charge in [-0.15, -0.1) is 0 Å². The molecule has 74 valence electrons. The lowest BCUT2D eigenvalue weighted by atomic mass is 10.2. The zero-order valence-electron chi connectivity index (χ0n) is 7.93. The Balaban J connectivity index is 2.81. The van der Waals surface area contributed by atoms with Gasteiger partial charge >= 0.3 is 0 Å². The molecule has 0 saturated heterocycles. The summed E-state index contributed by atoms with van der Waals surface area (Å²) in [6.07, 6.45) is 1.94. The van der Waals surface area contributed by atoms with E-state index in [-0.39, 0.29) is 0 Å². The zero-order chi connectivity index (χ0) is 10.1. The fraction of sp³-hybridized carbons (Fsp3) is 0.200. The van der Waals surface area contributed by atoms with E-state index in [4.69, 9.17) is 9.47 Å². The maximum absolute atomic E-state index is 5.29. The molecule has 0 atom stereocenters. The Hall–Kier alpha value is -0.910. The topological polar surface area (TPSA) is 34.2 Å². The van der Waals surface area contributed by atoms with Crippen LogP contribution in [0.2, 0.25) is 0 Å². The molecule has 0 fully saturated rings. The van der Waals surface area contributed by atoms with E-state index in [1.807, 2.05) is 18.3 Å². The lowest BCUT2D eigenvalue weighted by Gasteiger charge is -2.06. The van der Waals surface area contributed by atoms with Crippen molar-refractivity contribution in [2.45, 2.75) is 0 Å². The number of fused-ring (bicyclic) bond motifs is 1. The molecule has 1 aromatic carbocycles. The summed E-state index contributed by atoms with van der Waals surface area (Å²) in [5.41, 5.74) is 0.983. The van der Waals surface area contributed by atoms with Crippen LogP contribution < -0.4 is 9.47 Å². The van der Waals surface area contributed by atoms with Crippen LogP contribution in [0.4, 0.5) is 0 Å². The zero-order valence-corrected chi connectivity index (χ0v) is 10.1. The normalized spacial score (nSPS) is 10.5. The lowest BCUT2D eigenvalue weighted by molar-refractivity contribution is 0.410. The maximum Gasteiger partial charge on any atom is 0.143 e. The van der Waals surface area contributed by atoms with Gasteiger partial charge in [0.15, 0.2) is 0 Å². The lowest BCUT2D eigenvalue weighted by Crippen LogP contribution is -1.88. The monoisotopic (exact) mass is 303 g/mol. The molecule has 2 aromatic rings. The Morgan fingerprint density at radius 2 is 1.79 bits per heavy atom. The molecule has 0 amide bonds. The van der Waals surface area contributed by atoms with Crippen LogP contribution in [0, 0.1) is 3.57 Å². The van der Waals surface area contributed by atoms with Gasteiger partial charge in [0.05, 0.1) is 25.1 Å². The number of hydrogen-bond acceptors (Lipinski definition) is 2. The van der Waals surface area contributed by atoms with Gasteiger partial charge in [-0.25, -0.2) is 0 Å². The van der Waals surface area contributed by atoms with Crippen molar-refractivity contribution in [3.8, 4) is 11.5 Å². The van der Waals surface area contributed by atoms with Crippen molar-refractivity contribution in [1.82, 2.24) is 4.98 Å². The maximum atomic E-state index is 5.29. The number of rotatable bonds is 2. The molecule has 14 heavy (non-hydrogen) atoms. The molecule has 2 rings (SSSR count). The minimum Gasteiger partial charge on any atom is -0.496 e. The highest BCUT2D eigenvalue weighted by atomic mass is 127. The Morgan fingerprint density at radius 1 is 1.14 bits per heavy atom. The highest BCUT2D eigenvalue weighted by Crippen LogP contribution is 2.35. The second-order valence-corrected chi connectivity index (χ2v) is 4.02. The SMILES string of the molecule is COc1ccc(OC)c2c(I)c[nH]c12. The molecule has 0 unspecified atom stereocenters. The quantitative estimate of drug-likeness (QED) is 0.866. The Bertz CT molecular complexity index is 464. The first-order valence-electron chi connectivity index (χ1n) is 4.15. The van der Waals surface area contributed by atoms with E-state index >= 15 is 0 Å². The fourth-order valence-corrected chi connectivity index (χ4v) is 2.18. The molecule has 0 aliphatic heterocycles. The smallest absolute Gasteiger partial charge is 0.143 e. The fourth-order valence-electron chi connectivity index (χ4n) is 1.49. The minimum atomic E-state index is 0.837. The number of hydrogen-bond donors (Lipinski definition) is 1. The van der Waals surface area contributed by atoms with Gasteiger partial charge in [0, 0.05) is 9.77 Å². The molecule has 4 heteroatoms. The largest absolute Gasteiger partial charge is 0.496 e. The number of nitrogens with one attached hydrogen (secondary N) is 1. The van der Waals surface area contributed by atoms with Crippen molar-refractivity contribution in [2.24, 2.45) is 0 Å². The third-order valence-electron chi connectivity index (χ3n) is 2.15. The molecule has 3 nitrogen and oxygen atoms in total. The molecule has 0 radical (unpaired) electrons. The molecule has 1 aromatic heterocycles. The predicted octanol–water partition coefficient (Wildman–Crippen LogP) is 2.79. The van der Waals surface area contributed by atoms with Crippen LogP contribution in [-0.4, -0.2) is 19.2 Å². The number of benzene rings is 1. The van der Waals surface area contributed by atoms with E-state index in [2.05, 4.69) is 27.6 Å². The van der Waals surface area contributed by atoms with Gasteiger partial charge in [0.1, 0.15) is 11.5 Å². The summed E-state index contributed by atoms with van der Waals surface area (Å²) in [6, 6.07) is 3.81. The third kappa shape index (κ3) is 1.33. The second-order valence-electron chi connectivity index (χ2n) is 2.86. The first kappa shape index (κ1) is 9.64. The number of H-pyrrole nitrogens is 1. The van der Waals surface area contributed by atoms with Gasteiger partial charge in [-0.1, -0.05) is 0 Å². The van der Waals surface area contributed by atoms with Crippen LogP contribution in [0.25, 0.3) is 10.9 Å². The molecule has 1 heterocycles. The minimum absolute atomic E-state index is 0.837. The number of ether oxygens (including phenoxy) is 2. The van der Waals surface area contributed by atoms with E-state index in [0.29, 0.717) is 0 Å². The highest BCUT2D eigenvalue weighted by molar-refractivity contribution is 14.1. The van der Waals surface area contributed by atoms with Gasteiger partial charge in [-0.3, -0.25) is 0 Å². The first-order valence-corrected chi connectivity index (χ1v) is 5.23. The number of aromatic nitrogens is 1. The summed E-state index contributed by atoms with van der Waals surface area (Å²) in [5, 5.41) is 1.08.